The van der Waals surface area contributed by atoms with E-state index in [1.165, 1.54) is 13.2 Å². The number of nitro benzene ring substituents is 1. The molecule has 0 atom stereocenters. The molecule has 81 valence electrons. The predicted molar refractivity (Wildman–Crippen MR) is 54.8 cm³/mol. The average Bonchev–Trinajstić information content (AvgIpc) is 2.26. The average molecular weight is 210 g/mol. The molecule has 0 saturated heterocycles. The second kappa shape index (κ2) is 4.75. The molecule has 0 aliphatic rings. The van der Waals surface area contributed by atoms with Crippen LogP contribution in [0.25, 0.3) is 0 Å². The molecular formula is C10H12NO4. The van der Waals surface area contributed by atoms with Crippen LogP contribution >= 0.6 is 0 Å². The molecule has 0 aromatic heterocycles. The molecular weight excluding hydrogens is 198 g/mol. The van der Waals surface area contributed by atoms with Crippen molar-refractivity contribution in [1.29, 1.82) is 0 Å². The van der Waals surface area contributed by atoms with Crippen molar-refractivity contribution in [3.63, 3.8) is 0 Å². The molecule has 1 N–H and O–H groups in total. The van der Waals surface area contributed by atoms with Gasteiger partial charge in [0.15, 0.2) is 5.75 Å². The van der Waals surface area contributed by atoms with E-state index >= 15 is 0 Å². The normalized spacial score (nSPS) is 10.4. The molecule has 0 aliphatic carbocycles. The summed E-state index contributed by atoms with van der Waals surface area (Å²) in [5.74, 6) is 0.742. The highest BCUT2D eigenvalue weighted by Gasteiger charge is 2.23. The van der Waals surface area contributed by atoms with E-state index in [-0.39, 0.29) is 18.0 Å². The zero-order valence-electron chi connectivity index (χ0n) is 8.56. The summed E-state index contributed by atoms with van der Waals surface area (Å²) in [6.45, 7) is 1.43. The van der Waals surface area contributed by atoms with Crippen molar-refractivity contribution in [2.24, 2.45) is 0 Å². The summed E-state index contributed by atoms with van der Waals surface area (Å²) >= 11 is 0. The summed E-state index contributed by atoms with van der Waals surface area (Å²) < 4.78 is 4.91. The molecule has 1 radical (unpaired) electrons. The predicted octanol–water partition coefficient (Wildman–Crippen LogP) is 1.54. The van der Waals surface area contributed by atoms with Gasteiger partial charge >= 0.3 is 5.69 Å². The molecule has 1 aromatic rings. The van der Waals surface area contributed by atoms with E-state index in [0.29, 0.717) is 11.5 Å². The van der Waals surface area contributed by atoms with E-state index in [4.69, 9.17) is 9.84 Å². The zero-order valence-corrected chi connectivity index (χ0v) is 8.56. The molecule has 1 aromatic carbocycles. The first-order valence-corrected chi connectivity index (χ1v) is 4.36. The lowest BCUT2D eigenvalue weighted by molar-refractivity contribution is -0.386. The Kier molecular flexibility index (Phi) is 3.62. The highest BCUT2D eigenvalue weighted by atomic mass is 16.6. The van der Waals surface area contributed by atoms with Gasteiger partial charge in [0.05, 0.1) is 18.6 Å². The van der Waals surface area contributed by atoms with Gasteiger partial charge < -0.3 is 9.84 Å². The van der Waals surface area contributed by atoms with E-state index in [1.807, 2.05) is 0 Å². The molecule has 1 rings (SSSR count). The molecule has 0 heterocycles. The van der Waals surface area contributed by atoms with Crippen LogP contribution in [0.4, 0.5) is 5.69 Å². The minimum absolute atomic E-state index is 0.105. The lowest BCUT2D eigenvalue weighted by Gasteiger charge is -2.10. The summed E-state index contributed by atoms with van der Waals surface area (Å²) in [4.78, 5) is 10.3. The number of rotatable bonds is 4. The smallest absolute Gasteiger partial charge is 0.314 e. The maximum absolute atomic E-state index is 10.9. The summed E-state index contributed by atoms with van der Waals surface area (Å²) in [7, 11) is 1.38. The van der Waals surface area contributed by atoms with Gasteiger partial charge in [0, 0.05) is 11.5 Å². The van der Waals surface area contributed by atoms with Gasteiger partial charge in [0.1, 0.15) is 0 Å². The fraction of sp³-hybridized carbons (Fsp3) is 0.300. The topological polar surface area (TPSA) is 72.6 Å². The number of nitro groups is 1. The van der Waals surface area contributed by atoms with Crippen LogP contribution in [-0.2, 0) is 0 Å². The minimum atomic E-state index is -0.507. The third kappa shape index (κ3) is 2.24. The zero-order chi connectivity index (χ0) is 11.4. The highest BCUT2D eigenvalue weighted by molar-refractivity contribution is 5.57. The maximum Gasteiger partial charge on any atom is 0.314 e. The van der Waals surface area contributed by atoms with Gasteiger partial charge in [-0.25, -0.2) is 0 Å². The summed E-state index contributed by atoms with van der Waals surface area (Å²) in [6, 6.07) is 4.76. The lowest BCUT2D eigenvalue weighted by atomic mass is 10.00. The molecule has 0 fully saturated rings. The SMILES string of the molecule is COc1cccc([C](C)CO)c1[N+](=O)[O-]. The first-order chi connectivity index (χ1) is 7.11. The molecule has 5 heteroatoms. The molecule has 0 amide bonds. The Morgan fingerprint density at radius 2 is 2.27 bits per heavy atom. The quantitative estimate of drug-likeness (QED) is 0.604. The van der Waals surface area contributed by atoms with Gasteiger partial charge in [-0.15, -0.1) is 0 Å². The number of aliphatic hydroxyl groups is 1. The largest absolute Gasteiger partial charge is 0.490 e. The van der Waals surface area contributed by atoms with Crippen LogP contribution in [0.2, 0.25) is 0 Å². The van der Waals surface area contributed by atoms with Crippen LogP contribution in [0.15, 0.2) is 18.2 Å². The van der Waals surface area contributed by atoms with Gasteiger partial charge in [-0.1, -0.05) is 19.1 Å². The molecule has 0 bridgehead atoms. The van der Waals surface area contributed by atoms with E-state index in [9.17, 15) is 10.1 Å². The number of para-hydroxylation sites is 1. The third-order valence-corrected chi connectivity index (χ3v) is 2.10. The van der Waals surface area contributed by atoms with Crippen molar-refractivity contribution >= 4 is 5.69 Å². The first-order valence-electron chi connectivity index (χ1n) is 4.36. The lowest BCUT2D eigenvalue weighted by Crippen LogP contribution is -2.05. The van der Waals surface area contributed by atoms with Crippen molar-refractivity contribution in [2.45, 2.75) is 6.92 Å². The molecule has 0 unspecified atom stereocenters. The van der Waals surface area contributed by atoms with Crippen LogP contribution in [0.3, 0.4) is 0 Å². The van der Waals surface area contributed by atoms with Crippen LogP contribution in [0.1, 0.15) is 12.5 Å². The number of hydrogen-bond donors (Lipinski definition) is 1. The van der Waals surface area contributed by atoms with E-state index in [1.54, 1.807) is 19.1 Å². The van der Waals surface area contributed by atoms with E-state index in [0.717, 1.165) is 0 Å². The Morgan fingerprint density at radius 3 is 2.73 bits per heavy atom. The van der Waals surface area contributed by atoms with E-state index in [2.05, 4.69) is 0 Å². The Morgan fingerprint density at radius 1 is 1.60 bits per heavy atom. The third-order valence-electron chi connectivity index (χ3n) is 2.10. The number of aliphatic hydroxyl groups excluding tert-OH is 1. The van der Waals surface area contributed by atoms with Gasteiger partial charge in [0.2, 0.25) is 0 Å². The van der Waals surface area contributed by atoms with Crippen LogP contribution in [0, 0.1) is 16.0 Å². The summed E-state index contributed by atoms with van der Waals surface area (Å²) in [5, 5.41) is 19.8. The van der Waals surface area contributed by atoms with Crippen molar-refractivity contribution in [3.05, 3.63) is 39.8 Å². The Bertz CT molecular complexity index is 364. The number of ether oxygens (including phenoxy) is 1. The fourth-order valence-corrected chi connectivity index (χ4v) is 1.30. The highest BCUT2D eigenvalue weighted by Crippen LogP contribution is 2.34. The van der Waals surface area contributed by atoms with E-state index < -0.39 is 4.92 Å². The Labute approximate surface area is 87.5 Å². The van der Waals surface area contributed by atoms with Crippen molar-refractivity contribution in [3.8, 4) is 5.75 Å². The number of nitrogens with zero attached hydrogens (tertiary/aromatic N) is 1. The van der Waals surface area contributed by atoms with Crippen molar-refractivity contribution < 1.29 is 14.8 Å². The van der Waals surface area contributed by atoms with Gasteiger partial charge in [0.25, 0.3) is 0 Å². The van der Waals surface area contributed by atoms with Gasteiger partial charge in [-0.05, 0) is 6.07 Å². The van der Waals surface area contributed by atoms with Crippen LogP contribution < -0.4 is 4.74 Å². The van der Waals surface area contributed by atoms with Crippen LogP contribution in [-0.4, -0.2) is 23.7 Å². The molecule has 0 aliphatic heterocycles. The number of benzene rings is 1. The number of hydrogen-bond acceptors (Lipinski definition) is 4. The minimum Gasteiger partial charge on any atom is -0.490 e. The fourth-order valence-electron chi connectivity index (χ4n) is 1.30. The monoisotopic (exact) mass is 210 g/mol. The molecule has 0 spiro atoms. The van der Waals surface area contributed by atoms with Gasteiger partial charge in [-0.2, -0.15) is 0 Å². The first kappa shape index (κ1) is 11.5. The van der Waals surface area contributed by atoms with Gasteiger partial charge in [-0.3, -0.25) is 10.1 Å². The second-order valence-corrected chi connectivity index (χ2v) is 3.05. The number of methoxy groups -OCH3 is 1. The molecule has 15 heavy (non-hydrogen) atoms. The van der Waals surface area contributed by atoms with Crippen LogP contribution in [0.5, 0.6) is 5.75 Å². The second-order valence-electron chi connectivity index (χ2n) is 3.05. The molecule has 5 nitrogen and oxygen atoms in total. The standard InChI is InChI=1S/C10H12NO4/c1-7(6-12)8-4-3-5-9(15-2)10(8)11(13)14/h3-5,12H,6H2,1-2H3. The Hall–Kier alpha value is -1.62. The molecule has 0 saturated carbocycles. The van der Waals surface area contributed by atoms with Crippen molar-refractivity contribution in [2.75, 3.05) is 13.7 Å². The van der Waals surface area contributed by atoms with Crippen molar-refractivity contribution in [1.82, 2.24) is 0 Å². The Balaban J connectivity index is 3.31. The summed E-state index contributed by atoms with van der Waals surface area (Å²) in [6.07, 6.45) is 0. The maximum atomic E-state index is 10.9. The summed E-state index contributed by atoms with van der Waals surface area (Å²) in [5.41, 5.74) is 0.299.